The second-order valence-electron chi connectivity index (χ2n) is 4.08. The predicted octanol–water partition coefficient (Wildman–Crippen LogP) is 3.09. The fraction of sp³-hybridized carbons (Fsp3) is 0.167. The number of aromatic nitrogens is 3. The molecule has 0 aliphatic heterocycles. The lowest BCUT2D eigenvalue weighted by Gasteiger charge is -1.92. The number of H-pyrrole nitrogens is 1. The average Bonchev–Trinajstić information content (AvgIpc) is 2.99. The molecule has 3 heterocycles. The maximum Gasteiger partial charge on any atom is 0.0995 e. The van der Waals surface area contributed by atoms with E-state index in [4.69, 9.17) is 4.98 Å². The van der Waals surface area contributed by atoms with Crippen LogP contribution in [-0.2, 0) is 12.8 Å². The molecule has 0 amide bonds. The Labute approximate surface area is 106 Å². The number of thiophene rings is 1. The van der Waals surface area contributed by atoms with Crippen LogP contribution in [0.15, 0.2) is 24.0 Å². The molecule has 0 radical (unpaired) electrons. The molecule has 0 spiro atoms. The number of rotatable bonds is 2. The van der Waals surface area contributed by atoms with Crippen LogP contribution in [0.3, 0.4) is 0 Å². The maximum atomic E-state index is 4.76. The van der Waals surface area contributed by atoms with E-state index in [9.17, 15) is 0 Å². The minimum absolute atomic E-state index is 0.859. The molecule has 3 nitrogen and oxygen atoms in total. The topological polar surface area (TPSA) is 41.6 Å². The predicted molar refractivity (Wildman–Crippen MR) is 69.6 cm³/mol. The molecular formula is C12H9N3S2. The Morgan fingerprint density at radius 2 is 2.41 bits per heavy atom. The third-order valence-corrected chi connectivity index (χ3v) is 4.97. The van der Waals surface area contributed by atoms with E-state index in [1.165, 1.54) is 26.0 Å². The van der Waals surface area contributed by atoms with Crippen LogP contribution in [-0.4, -0.2) is 15.0 Å². The fourth-order valence-corrected chi connectivity index (χ4v) is 4.30. The zero-order valence-corrected chi connectivity index (χ0v) is 10.6. The molecule has 0 atom stereocenters. The Kier molecular flexibility index (Phi) is 1.98. The van der Waals surface area contributed by atoms with Crippen LogP contribution in [0, 0.1) is 0 Å². The first-order chi connectivity index (χ1) is 8.40. The van der Waals surface area contributed by atoms with Crippen molar-refractivity contribution in [2.45, 2.75) is 12.8 Å². The minimum atomic E-state index is 0.859. The molecule has 1 aliphatic rings. The van der Waals surface area contributed by atoms with Crippen molar-refractivity contribution < 1.29 is 0 Å². The van der Waals surface area contributed by atoms with Crippen molar-refractivity contribution in [3.05, 3.63) is 45.1 Å². The summed E-state index contributed by atoms with van der Waals surface area (Å²) in [5, 5.41) is 3.33. The van der Waals surface area contributed by atoms with Gasteiger partial charge in [0.05, 0.1) is 21.9 Å². The summed E-state index contributed by atoms with van der Waals surface area (Å²) in [5.74, 6) is 0. The lowest BCUT2D eigenvalue weighted by molar-refractivity contribution is 1.08. The van der Waals surface area contributed by atoms with E-state index in [0.717, 1.165) is 18.5 Å². The first-order valence-electron chi connectivity index (χ1n) is 5.43. The van der Waals surface area contributed by atoms with Gasteiger partial charge in [0.2, 0.25) is 0 Å². The summed E-state index contributed by atoms with van der Waals surface area (Å²) in [7, 11) is 0. The SMILES string of the molecule is c1ncc(Cc2nc3c(s2)Cc2ccsc2-3)[nH]1. The zero-order chi connectivity index (χ0) is 11.2. The molecule has 0 fully saturated rings. The molecule has 84 valence electrons. The van der Waals surface area contributed by atoms with Crippen LogP contribution in [0.2, 0.25) is 0 Å². The van der Waals surface area contributed by atoms with E-state index in [0.29, 0.717) is 0 Å². The molecular weight excluding hydrogens is 250 g/mol. The van der Waals surface area contributed by atoms with Crippen LogP contribution in [0.4, 0.5) is 0 Å². The molecule has 0 saturated heterocycles. The number of imidazole rings is 1. The highest BCUT2D eigenvalue weighted by Crippen LogP contribution is 2.42. The van der Waals surface area contributed by atoms with Gasteiger partial charge < -0.3 is 4.98 Å². The van der Waals surface area contributed by atoms with E-state index < -0.39 is 0 Å². The van der Waals surface area contributed by atoms with E-state index in [1.54, 1.807) is 17.7 Å². The van der Waals surface area contributed by atoms with Gasteiger partial charge in [-0.3, -0.25) is 0 Å². The van der Waals surface area contributed by atoms with Crippen LogP contribution in [0.25, 0.3) is 10.6 Å². The standard InChI is InChI=1S/C12H9N3S2/c1-2-16-12-7(1)3-9-11(12)15-10(17-9)4-8-5-13-6-14-8/h1-2,5-6H,3-4H2,(H,13,14). The highest BCUT2D eigenvalue weighted by molar-refractivity contribution is 7.15. The molecule has 1 aliphatic carbocycles. The van der Waals surface area contributed by atoms with Gasteiger partial charge in [-0.2, -0.15) is 0 Å². The normalized spacial score (nSPS) is 12.7. The Balaban J connectivity index is 1.72. The molecule has 4 rings (SSSR count). The van der Waals surface area contributed by atoms with Crippen molar-refractivity contribution in [1.82, 2.24) is 15.0 Å². The van der Waals surface area contributed by atoms with Crippen molar-refractivity contribution in [2.75, 3.05) is 0 Å². The number of nitrogens with zero attached hydrogens (tertiary/aromatic N) is 2. The van der Waals surface area contributed by atoms with Crippen LogP contribution in [0.1, 0.15) is 21.1 Å². The summed E-state index contributed by atoms with van der Waals surface area (Å²) >= 11 is 3.63. The first kappa shape index (κ1) is 9.56. The van der Waals surface area contributed by atoms with Crippen LogP contribution < -0.4 is 0 Å². The van der Waals surface area contributed by atoms with Crippen LogP contribution in [0.5, 0.6) is 0 Å². The van der Waals surface area contributed by atoms with Crippen molar-refractivity contribution in [3.63, 3.8) is 0 Å². The van der Waals surface area contributed by atoms with Crippen LogP contribution >= 0.6 is 22.7 Å². The van der Waals surface area contributed by atoms with Gasteiger partial charge in [-0.15, -0.1) is 22.7 Å². The van der Waals surface area contributed by atoms with Gasteiger partial charge in [0.15, 0.2) is 0 Å². The van der Waals surface area contributed by atoms with Gasteiger partial charge in [0.25, 0.3) is 0 Å². The number of fused-ring (bicyclic) bond motifs is 3. The maximum absolute atomic E-state index is 4.76. The number of hydrogen-bond donors (Lipinski definition) is 1. The van der Waals surface area contributed by atoms with Crippen molar-refractivity contribution in [1.29, 1.82) is 0 Å². The number of hydrogen-bond acceptors (Lipinski definition) is 4. The molecule has 0 bridgehead atoms. The van der Waals surface area contributed by atoms with Gasteiger partial charge in [0.1, 0.15) is 0 Å². The highest BCUT2D eigenvalue weighted by Gasteiger charge is 2.24. The number of nitrogens with one attached hydrogen (secondary N) is 1. The average molecular weight is 259 g/mol. The van der Waals surface area contributed by atoms with Crippen molar-refractivity contribution in [3.8, 4) is 10.6 Å². The summed E-state index contributed by atoms with van der Waals surface area (Å²) in [6.07, 6.45) is 5.50. The van der Waals surface area contributed by atoms with Gasteiger partial charge in [-0.25, -0.2) is 9.97 Å². The molecule has 0 aromatic carbocycles. The van der Waals surface area contributed by atoms with E-state index >= 15 is 0 Å². The molecule has 3 aromatic rings. The lowest BCUT2D eigenvalue weighted by Crippen LogP contribution is -1.86. The molecule has 0 unspecified atom stereocenters. The van der Waals surface area contributed by atoms with Crippen molar-refractivity contribution >= 4 is 22.7 Å². The monoisotopic (exact) mass is 259 g/mol. The Hall–Kier alpha value is -1.46. The number of aromatic amines is 1. The van der Waals surface area contributed by atoms with E-state index in [2.05, 4.69) is 21.4 Å². The Morgan fingerprint density at radius 3 is 3.29 bits per heavy atom. The Morgan fingerprint density at radius 1 is 1.41 bits per heavy atom. The third-order valence-electron chi connectivity index (χ3n) is 2.95. The third kappa shape index (κ3) is 1.46. The van der Waals surface area contributed by atoms with E-state index in [-0.39, 0.29) is 0 Å². The lowest BCUT2D eigenvalue weighted by atomic mass is 10.3. The summed E-state index contributed by atoms with van der Waals surface area (Å²) in [6, 6.07) is 2.21. The molecule has 17 heavy (non-hydrogen) atoms. The zero-order valence-electron chi connectivity index (χ0n) is 8.93. The largest absolute Gasteiger partial charge is 0.348 e. The summed E-state index contributed by atoms with van der Waals surface area (Å²) < 4.78 is 0. The Bertz CT molecular complexity index is 664. The fourth-order valence-electron chi connectivity index (χ4n) is 2.17. The summed E-state index contributed by atoms with van der Waals surface area (Å²) in [4.78, 5) is 14.7. The van der Waals surface area contributed by atoms with Gasteiger partial charge >= 0.3 is 0 Å². The second kappa shape index (κ2) is 3.51. The van der Waals surface area contributed by atoms with Gasteiger partial charge in [-0.05, 0) is 17.0 Å². The van der Waals surface area contributed by atoms with Crippen molar-refractivity contribution in [2.24, 2.45) is 0 Å². The summed E-state index contributed by atoms with van der Waals surface area (Å²) in [6.45, 7) is 0. The molecule has 1 N–H and O–H groups in total. The second-order valence-corrected chi connectivity index (χ2v) is 6.17. The smallest absolute Gasteiger partial charge is 0.0995 e. The summed E-state index contributed by atoms with van der Waals surface area (Å²) in [5.41, 5.74) is 3.79. The highest BCUT2D eigenvalue weighted by atomic mass is 32.1. The molecule has 0 saturated carbocycles. The van der Waals surface area contributed by atoms with Gasteiger partial charge in [-0.1, -0.05) is 0 Å². The minimum Gasteiger partial charge on any atom is -0.348 e. The quantitative estimate of drug-likeness (QED) is 0.601. The van der Waals surface area contributed by atoms with E-state index in [1.807, 2.05) is 17.5 Å². The van der Waals surface area contributed by atoms with Gasteiger partial charge in [0, 0.05) is 29.6 Å². The first-order valence-corrected chi connectivity index (χ1v) is 7.12. The molecule has 3 aromatic heterocycles. The molecule has 5 heteroatoms. The number of thiazole rings is 1.